The predicted molar refractivity (Wildman–Crippen MR) is 80.4 cm³/mol. The summed E-state index contributed by atoms with van der Waals surface area (Å²) in [5, 5.41) is 8.07. The van der Waals surface area contributed by atoms with Crippen LogP contribution in [0.15, 0.2) is 22.6 Å². The van der Waals surface area contributed by atoms with Gasteiger partial charge in [-0.1, -0.05) is 22.8 Å². The molecule has 2 aromatic rings. The van der Waals surface area contributed by atoms with Crippen molar-refractivity contribution in [1.82, 2.24) is 10.2 Å². The number of hydrogen-bond acceptors (Lipinski definition) is 4. The number of aromatic nitrogens is 2. The number of benzene rings is 1. The molecule has 1 fully saturated rings. The monoisotopic (exact) mass is 305 g/mol. The number of carbonyl (C=O) groups excluding carboxylic acids is 1. The third-order valence-corrected chi connectivity index (χ3v) is 4.12. The van der Waals surface area contributed by atoms with E-state index in [-0.39, 0.29) is 17.8 Å². The summed E-state index contributed by atoms with van der Waals surface area (Å²) in [6.07, 6.45) is 0.435. The summed E-state index contributed by atoms with van der Waals surface area (Å²) >= 11 is 5.82. The summed E-state index contributed by atoms with van der Waals surface area (Å²) < 4.78 is 5.68. The van der Waals surface area contributed by atoms with E-state index < -0.39 is 0 Å². The second-order valence-electron chi connectivity index (χ2n) is 5.44. The molecule has 0 aliphatic carbocycles. The first kappa shape index (κ1) is 14.1. The van der Waals surface area contributed by atoms with Gasteiger partial charge < -0.3 is 4.42 Å². The van der Waals surface area contributed by atoms with E-state index >= 15 is 0 Å². The van der Waals surface area contributed by atoms with Crippen LogP contribution in [0.3, 0.4) is 0 Å². The lowest BCUT2D eigenvalue weighted by Gasteiger charge is -2.09. The second kappa shape index (κ2) is 5.48. The van der Waals surface area contributed by atoms with Crippen LogP contribution >= 0.6 is 11.6 Å². The Morgan fingerprint density at radius 2 is 2.19 bits per heavy atom. The van der Waals surface area contributed by atoms with Gasteiger partial charge in [-0.3, -0.25) is 9.69 Å². The van der Waals surface area contributed by atoms with E-state index in [1.807, 2.05) is 26.0 Å². The Bertz CT molecular complexity index is 683. The van der Waals surface area contributed by atoms with E-state index in [1.54, 1.807) is 0 Å². The molecule has 2 heterocycles. The maximum atomic E-state index is 11.9. The molecule has 0 spiro atoms. The fourth-order valence-electron chi connectivity index (χ4n) is 2.56. The van der Waals surface area contributed by atoms with Crippen LogP contribution in [0.2, 0.25) is 0 Å². The van der Waals surface area contributed by atoms with E-state index in [0.29, 0.717) is 24.7 Å². The van der Waals surface area contributed by atoms with Crippen LogP contribution in [-0.2, 0) is 4.79 Å². The van der Waals surface area contributed by atoms with Crippen molar-refractivity contribution in [3.05, 3.63) is 29.3 Å². The Kier molecular flexibility index (Phi) is 3.68. The first-order valence-electron chi connectivity index (χ1n) is 6.86. The quantitative estimate of drug-likeness (QED) is 0.818. The Morgan fingerprint density at radius 3 is 2.86 bits per heavy atom. The van der Waals surface area contributed by atoms with Crippen LogP contribution in [0.1, 0.15) is 17.5 Å². The summed E-state index contributed by atoms with van der Waals surface area (Å²) in [6.45, 7) is 4.57. The van der Waals surface area contributed by atoms with Crippen molar-refractivity contribution in [2.24, 2.45) is 5.92 Å². The molecule has 1 aliphatic heterocycles. The molecule has 0 N–H and O–H groups in total. The van der Waals surface area contributed by atoms with Gasteiger partial charge in [-0.25, -0.2) is 0 Å². The zero-order chi connectivity index (χ0) is 15.0. The highest BCUT2D eigenvalue weighted by Gasteiger charge is 2.33. The number of rotatable bonds is 3. The molecule has 0 bridgehead atoms. The predicted octanol–water partition coefficient (Wildman–Crippen LogP) is 2.95. The fourth-order valence-corrected chi connectivity index (χ4v) is 2.76. The number of alkyl halides is 1. The van der Waals surface area contributed by atoms with Crippen molar-refractivity contribution in [3.8, 4) is 11.5 Å². The largest absolute Gasteiger partial charge is 0.403 e. The molecule has 1 saturated heterocycles. The summed E-state index contributed by atoms with van der Waals surface area (Å²) in [7, 11) is 0. The van der Waals surface area contributed by atoms with Crippen LogP contribution < -0.4 is 4.90 Å². The SMILES string of the molecule is Cc1ccc(-c2nnc(N3CC(CCl)CC3=O)o2)c(C)c1. The van der Waals surface area contributed by atoms with Crippen LogP contribution in [0.25, 0.3) is 11.5 Å². The molecule has 1 aromatic carbocycles. The van der Waals surface area contributed by atoms with Crippen molar-refractivity contribution in [2.45, 2.75) is 20.3 Å². The minimum absolute atomic E-state index is 0.0171. The average Bonchev–Trinajstić information content (AvgIpc) is 3.05. The number of carbonyl (C=O) groups is 1. The Hall–Kier alpha value is -1.88. The van der Waals surface area contributed by atoms with Gasteiger partial charge >= 0.3 is 6.01 Å². The fraction of sp³-hybridized carbons (Fsp3) is 0.400. The Balaban J connectivity index is 1.88. The Morgan fingerprint density at radius 1 is 1.38 bits per heavy atom. The first-order chi connectivity index (χ1) is 10.1. The zero-order valence-electron chi connectivity index (χ0n) is 12.0. The third kappa shape index (κ3) is 2.65. The molecule has 1 amide bonds. The number of anilines is 1. The number of hydrogen-bond donors (Lipinski definition) is 0. The number of amides is 1. The molecule has 21 heavy (non-hydrogen) atoms. The number of halogens is 1. The van der Waals surface area contributed by atoms with E-state index in [2.05, 4.69) is 16.3 Å². The molecular weight excluding hydrogens is 290 g/mol. The lowest BCUT2D eigenvalue weighted by atomic mass is 10.1. The van der Waals surface area contributed by atoms with E-state index in [0.717, 1.165) is 11.1 Å². The van der Waals surface area contributed by atoms with Gasteiger partial charge in [0.2, 0.25) is 11.8 Å². The molecular formula is C15H16ClN3O2. The molecule has 1 atom stereocenters. The molecule has 6 heteroatoms. The highest BCUT2D eigenvalue weighted by molar-refractivity contribution is 6.18. The van der Waals surface area contributed by atoms with Crippen molar-refractivity contribution in [2.75, 3.05) is 17.3 Å². The van der Waals surface area contributed by atoms with Crippen molar-refractivity contribution in [1.29, 1.82) is 0 Å². The van der Waals surface area contributed by atoms with Gasteiger partial charge in [0.05, 0.1) is 0 Å². The standard InChI is InChI=1S/C15H16ClN3O2/c1-9-3-4-12(10(2)5-9)14-17-18-15(21-14)19-8-11(7-16)6-13(19)20/h3-5,11H,6-8H2,1-2H3. The minimum atomic E-state index is -0.0171. The molecule has 0 saturated carbocycles. The highest BCUT2D eigenvalue weighted by Crippen LogP contribution is 2.29. The molecule has 3 rings (SSSR count). The van der Waals surface area contributed by atoms with Crippen molar-refractivity contribution in [3.63, 3.8) is 0 Å². The summed E-state index contributed by atoms with van der Waals surface area (Å²) in [6, 6.07) is 6.26. The van der Waals surface area contributed by atoms with Gasteiger partial charge in [-0.15, -0.1) is 16.7 Å². The maximum absolute atomic E-state index is 11.9. The average molecular weight is 306 g/mol. The number of nitrogens with zero attached hydrogens (tertiary/aromatic N) is 3. The van der Waals surface area contributed by atoms with Gasteiger partial charge in [-0.05, 0) is 31.4 Å². The zero-order valence-corrected chi connectivity index (χ0v) is 12.7. The smallest absolute Gasteiger partial charge is 0.325 e. The Labute approximate surface area is 127 Å². The van der Waals surface area contributed by atoms with Crippen LogP contribution in [0, 0.1) is 19.8 Å². The molecule has 1 aliphatic rings. The van der Waals surface area contributed by atoms with Crippen molar-refractivity contribution >= 4 is 23.5 Å². The summed E-state index contributed by atoms with van der Waals surface area (Å²) in [5.41, 5.74) is 3.13. The molecule has 1 aromatic heterocycles. The van der Waals surface area contributed by atoms with Gasteiger partial charge in [0.25, 0.3) is 0 Å². The maximum Gasteiger partial charge on any atom is 0.325 e. The van der Waals surface area contributed by atoms with Crippen LogP contribution in [-0.4, -0.2) is 28.5 Å². The van der Waals surface area contributed by atoms with E-state index in [9.17, 15) is 4.79 Å². The number of aryl methyl sites for hydroxylation is 2. The summed E-state index contributed by atoms with van der Waals surface area (Å²) in [4.78, 5) is 13.5. The molecule has 1 unspecified atom stereocenters. The van der Waals surface area contributed by atoms with E-state index in [1.165, 1.54) is 10.5 Å². The lowest BCUT2D eigenvalue weighted by molar-refractivity contribution is -0.117. The van der Waals surface area contributed by atoms with Gasteiger partial charge in [-0.2, -0.15) is 0 Å². The van der Waals surface area contributed by atoms with E-state index in [4.69, 9.17) is 16.0 Å². The van der Waals surface area contributed by atoms with Crippen molar-refractivity contribution < 1.29 is 9.21 Å². The topological polar surface area (TPSA) is 59.2 Å². The minimum Gasteiger partial charge on any atom is -0.403 e. The van der Waals surface area contributed by atoms with Crippen LogP contribution in [0.4, 0.5) is 6.01 Å². The molecule has 5 nitrogen and oxygen atoms in total. The lowest BCUT2D eigenvalue weighted by Crippen LogP contribution is -2.24. The van der Waals surface area contributed by atoms with Crippen LogP contribution in [0.5, 0.6) is 0 Å². The summed E-state index contributed by atoms with van der Waals surface area (Å²) in [5.74, 6) is 1.03. The third-order valence-electron chi connectivity index (χ3n) is 3.68. The molecule has 0 radical (unpaired) electrons. The van der Waals surface area contributed by atoms with Gasteiger partial charge in [0.15, 0.2) is 0 Å². The molecule has 110 valence electrons. The van der Waals surface area contributed by atoms with Gasteiger partial charge in [0.1, 0.15) is 0 Å². The van der Waals surface area contributed by atoms with Gasteiger partial charge in [0, 0.05) is 24.4 Å². The normalized spacial score (nSPS) is 18.5. The highest BCUT2D eigenvalue weighted by atomic mass is 35.5. The first-order valence-corrected chi connectivity index (χ1v) is 7.39. The second-order valence-corrected chi connectivity index (χ2v) is 5.75.